The Hall–Kier alpha value is -0.0800. The first-order valence-corrected chi connectivity index (χ1v) is 7.23. The zero-order valence-electron chi connectivity index (χ0n) is 12.0. The average molecular weight is 242 g/mol. The third-order valence-corrected chi connectivity index (χ3v) is 4.40. The van der Waals surface area contributed by atoms with Crippen molar-refractivity contribution in [2.75, 3.05) is 13.2 Å². The third-order valence-electron chi connectivity index (χ3n) is 4.40. The summed E-state index contributed by atoms with van der Waals surface area (Å²) in [5.41, 5.74) is 0.247. The van der Waals surface area contributed by atoms with Gasteiger partial charge in [-0.15, -0.1) is 0 Å². The molecule has 0 heterocycles. The Balaban J connectivity index is 2.40. The molecule has 0 aromatic heterocycles. The van der Waals surface area contributed by atoms with Crippen molar-refractivity contribution in [3.63, 3.8) is 0 Å². The summed E-state index contributed by atoms with van der Waals surface area (Å²) in [5, 5.41) is 10.2. The van der Waals surface area contributed by atoms with E-state index in [2.05, 4.69) is 20.8 Å². The monoisotopic (exact) mass is 242 g/mol. The minimum Gasteiger partial charge on any atom is -0.393 e. The van der Waals surface area contributed by atoms with E-state index >= 15 is 0 Å². The highest BCUT2D eigenvalue weighted by Gasteiger charge is 2.37. The molecule has 0 radical (unpaired) electrons. The zero-order chi connectivity index (χ0) is 12.9. The van der Waals surface area contributed by atoms with Crippen molar-refractivity contribution in [2.45, 2.75) is 65.9 Å². The van der Waals surface area contributed by atoms with Crippen molar-refractivity contribution in [3.8, 4) is 0 Å². The van der Waals surface area contributed by atoms with Crippen LogP contribution in [-0.4, -0.2) is 24.4 Å². The second-order valence-corrected chi connectivity index (χ2v) is 6.38. The zero-order valence-corrected chi connectivity index (χ0v) is 12.0. The molecule has 2 nitrogen and oxygen atoms in total. The molecule has 1 N–H and O–H groups in total. The smallest absolute Gasteiger partial charge is 0.0576 e. The molecule has 0 amide bonds. The van der Waals surface area contributed by atoms with Gasteiger partial charge in [0, 0.05) is 13.2 Å². The molecule has 1 aliphatic rings. The van der Waals surface area contributed by atoms with E-state index in [4.69, 9.17) is 4.74 Å². The van der Waals surface area contributed by atoms with E-state index in [-0.39, 0.29) is 11.5 Å². The van der Waals surface area contributed by atoms with Gasteiger partial charge in [0.15, 0.2) is 0 Å². The minimum absolute atomic E-state index is 0.0964. The van der Waals surface area contributed by atoms with E-state index in [0.717, 1.165) is 32.5 Å². The van der Waals surface area contributed by atoms with Gasteiger partial charge in [-0.25, -0.2) is 0 Å². The summed E-state index contributed by atoms with van der Waals surface area (Å²) in [4.78, 5) is 0. The van der Waals surface area contributed by atoms with Gasteiger partial charge in [-0.2, -0.15) is 0 Å². The lowest BCUT2D eigenvalue weighted by molar-refractivity contribution is -0.0193. The Morgan fingerprint density at radius 2 is 2.00 bits per heavy atom. The molecule has 0 aromatic carbocycles. The third kappa shape index (κ3) is 4.59. The Kier molecular flexibility index (Phi) is 5.94. The second kappa shape index (κ2) is 6.75. The van der Waals surface area contributed by atoms with Gasteiger partial charge in [-0.3, -0.25) is 0 Å². The van der Waals surface area contributed by atoms with Crippen LogP contribution in [0.25, 0.3) is 0 Å². The molecule has 102 valence electrons. The summed E-state index contributed by atoms with van der Waals surface area (Å²) >= 11 is 0. The van der Waals surface area contributed by atoms with Gasteiger partial charge < -0.3 is 9.84 Å². The van der Waals surface area contributed by atoms with Crippen LogP contribution in [0.4, 0.5) is 0 Å². The Labute approximate surface area is 107 Å². The quantitative estimate of drug-likeness (QED) is 0.721. The Morgan fingerprint density at radius 1 is 1.29 bits per heavy atom. The highest BCUT2D eigenvalue weighted by atomic mass is 16.5. The predicted octanol–water partition coefficient (Wildman–Crippen LogP) is 3.63. The molecule has 1 aliphatic carbocycles. The van der Waals surface area contributed by atoms with Crippen molar-refractivity contribution in [3.05, 3.63) is 0 Å². The largest absolute Gasteiger partial charge is 0.393 e. The summed E-state index contributed by atoms with van der Waals surface area (Å²) < 4.78 is 5.40. The van der Waals surface area contributed by atoms with Gasteiger partial charge in [0.1, 0.15) is 0 Å². The molecule has 0 spiro atoms. The van der Waals surface area contributed by atoms with Gasteiger partial charge in [-0.05, 0) is 49.9 Å². The van der Waals surface area contributed by atoms with E-state index in [1.165, 1.54) is 12.8 Å². The van der Waals surface area contributed by atoms with Crippen molar-refractivity contribution < 1.29 is 9.84 Å². The summed E-state index contributed by atoms with van der Waals surface area (Å²) in [5.74, 6) is 1.17. The molecule has 1 rings (SSSR count). The maximum absolute atomic E-state index is 10.2. The molecule has 2 heteroatoms. The van der Waals surface area contributed by atoms with E-state index in [0.29, 0.717) is 11.8 Å². The molecule has 0 saturated heterocycles. The number of hydrogen-bond donors (Lipinski definition) is 1. The summed E-state index contributed by atoms with van der Waals surface area (Å²) in [6.07, 6.45) is 5.61. The van der Waals surface area contributed by atoms with Crippen molar-refractivity contribution >= 4 is 0 Å². The standard InChI is InChI=1S/C15H30O2/c1-5-17-10-6-9-15(3,4)13-8-7-12(2)11-14(13)16/h12-14,16H,5-11H2,1-4H3. The van der Waals surface area contributed by atoms with Crippen LogP contribution in [0.3, 0.4) is 0 Å². The van der Waals surface area contributed by atoms with Gasteiger partial charge in [-0.1, -0.05) is 27.2 Å². The van der Waals surface area contributed by atoms with Crippen LogP contribution >= 0.6 is 0 Å². The summed E-state index contributed by atoms with van der Waals surface area (Å²) in [6.45, 7) is 10.6. The van der Waals surface area contributed by atoms with Crippen molar-refractivity contribution in [2.24, 2.45) is 17.3 Å². The van der Waals surface area contributed by atoms with E-state index in [1.54, 1.807) is 0 Å². The number of rotatable bonds is 6. The highest BCUT2D eigenvalue weighted by molar-refractivity contribution is 4.87. The molecule has 0 bridgehead atoms. The highest BCUT2D eigenvalue weighted by Crippen LogP contribution is 2.42. The molecule has 3 atom stereocenters. The van der Waals surface area contributed by atoms with E-state index in [1.807, 2.05) is 6.92 Å². The number of hydrogen-bond acceptors (Lipinski definition) is 2. The Morgan fingerprint density at radius 3 is 2.59 bits per heavy atom. The van der Waals surface area contributed by atoms with Gasteiger partial charge >= 0.3 is 0 Å². The van der Waals surface area contributed by atoms with Crippen molar-refractivity contribution in [1.29, 1.82) is 0 Å². The second-order valence-electron chi connectivity index (χ2n) is 6.38. The molecule has 0 aromatic rings. The van der Waals surface area contributed by atoms with Gasteiger partial charge in [0.25, 0.3) is 0 Å². The van der Waals surface area contributed by atoms with Crippen molar-refractivity contribution in [1.82, 2.24) is 0 Å². The maximum Gasteiger partial charge on any atom is 0.0576 e. The lowest BCUT2D eigenvalue weighted by Gasteiger charge is -2.42. The molecule has 17 heavy (non-hydrogen) atoms. The van der Waals surface area contributed by atoms with E-state index in [9.17, 15) is 5.11 Å². The number of aliphatic hydroxyl groups is 1. The van der Waals surface area contributed by atoms with Crippen LogP contribution in [0.1, 0.15) is 59.8 Å². The first kappa shape index (κ1) is 15.0. The fraction of sp³-hybridized carbons (Fsp3) is 1.00. The normalized spacial score (nSPS) is 30.5. The topological polar surface area (TPSA) is 29.5 Å². The predicted molar refractivity (Wildman–Crippen MR) is 72.0 cm³/mol. The lowest BCUT2D eigenvalue weighted by atomic mass is 9.66. The number of ether oxygens (including phenoxy) is 1. The molecule has 0 aliphatic heterocycles. The molecule has 1 fully saturated rings. The molecule has 1 saturated carbocycles. The molecular weight excluding hydrogens is 212 g/mol. The lowest BCUT2D eigenvalue weighted by Crippen LogP contribution is -2.38. The SMILES string of the molecule is CCOCCCC(C)(C)C1CCC(C)CC1O. The van der Waals surface area contributed by atoms with Gasteiger partial charge in [0.2, 0.25) is 0 Å². The minimum atomic E-state index is -0.0964. The van der Waals surface area contributed by atoms with Gasteiger partial charge in [0.05, 0.1) is 6.10 Å². The maximum atomic E-state index is 10.2. The van der Waals surface area contributed by atoms with Crippen LogP contribution in [-0.2, 0) is 4.74 Å². The van der Waals surface area contributed by atoms with Crippen LogP contribution in [0, 0.1) is 17.3 Å². The van der Waals surface area contributed by atoms with Crippen LogP contribution < -0.4 is 0 Å². The molecule has 3 unspecified atom stereocenters. The Bertz CT molecular complexity index is 213. The number of aliphatic hydroxyl groups excluding tert-OH is 1. The van der Waals surface area contributed by atoms with Crippen LogP contribution in [0.5, 0.6) is 0 Å². The van der Waals surface area contributed by atoms with Crippen LogP contribution in [0.2, 0.25) is 0 Å². The fourth-order valence-corrected chi connectivity index (χ4v) is 3.22. The van der Waals surface area contributed by atoms with E-state index < -0.39 is 0 Å². The fourth-order valence-electron chi connectivity index (χ4n) is 3.22. The summed E-state index contributed by atoms with van der Waals surface area (Å²) in [7, 11) is 0. The average Bonchev–Trinajstić information content (AvgIpc) is 2.24. The first-order valence-electron chi connectivity index (χ1n) is 7.23. The first-order chi connectivity index (χ1) is 7.97. The van der Waals surface area contributed by atoms with Crippen LogP contribution in [0.15, 0.2) is 0 Å². The summed E-state index contributed by atoms with van der Waals surface area (Å²) in [6, 6.07) is 0. The molecular formula is C15H30O2.